The minimum absolute atomic E-state index is 0.0937. The summed E-state index contributed by atoms with van der Waals surface area (Å²) in [5, 5.41) is 37.8. The van der Waals surface area contributed by atoms with Crippen molar-refractivity contribution in [2.75, 3.05) is 26.2 Å². The first-order chi connectivity index (χ1) is 8.72. The van der Waals surface area contributed by atoms with Gasteiger partial charge in [0.1, 0.15) is 0 Å². The summed E-state index contributed by atoms with van der Waals surface area (Å²) >= 11 is 0. The molecule has 0 fully saturated rings. The summed E-state index contributed by atoms with van der Waals surface area (Å²) < 4.78 is 0. The lowest BCUT2D eigenvalue weighted by molar-refractivity contribution is -0.142. The number of rotatable bonds is 10. The zero-order chi connectivity index (χ0) is 15.0. The minimum Gasteiger partial charge on any atom is -0.480 e. The summed E-state index contributed by atoms with van der Waals surface area (Å²) in [4.78, 5) is 32.7. The molecule has 0 aliphatic rings. The molecule has 0 bridgehead atoms. The van der Waals surface area contributed by atoms with Crippen LogP contribution in [0.4, 0.5) is 0 Å². The molecular weight excluding hydrogens is 260 g/mol. The van der Waals surface area contributed by atoms with Gasteiger partial charge in [0, 0.05) is 12.6 Å². The van der Waals surface area contributed by atoms with Crippen molar-refractivity contribution >= 4 is 17.9 Å². The van der Waals surface area contributed by atoms with Gasteiger partial charge in [-0.05, 0) is 6.92 Å². The molecule has 19 heavy (non-hydrogen) atoms. The molecule has 0 aliphatic heterocycles. The molecule has 0 aromatic rings. The third-order valence-electron chi connectivity index (χ3n) is 2.27. The highest BCUT2D eigenvalue weighted by Crippen LogP contribution is 1.98. The van der Waals surface area contributed by atoms with Gasteiger partial charge >= 0.3 is 17.9 Å². The third-order valence-corrected chi connectivity index (χ3v) is 2.27. The zero-order valence-electron chi connectivity index (χ0n) is 10.4. The third kappa shape index (κ3) is 8.94. The molecule has 0 rings (SSSR count). The van der Waals surface area contributed by atoms with Crippen LogP contribution in [0.2, 0.25) is 0 Å². The molecule has 0 saturated heterocycles. The number of carboxylic acids is 3. The average Bonchev–Trinajstić information content (AvgIpc) is 2.21. The summed E-state index contributed by atoms with van der Waals surface area (Å²) in [6, 6.07) is -0.741. The van der Waals surface area contributed by atoms with Crippen molar-refractivity contribution < 1.29 is 34.8 Å². The van der Waals surface area contributed by atoms with Gasteiger partial charge in [0.25, 0.3) is 0 Å². The number of carbonyl (C=O) groups is 3. The van der Waals surface area contributed by atoms with Gasteiger partial charge in [0.2, 0.25) is 0 Å². The van der Waals surface area contributed by atoms with Crippen LogP contribution in [0.1, 0.15) is 6.92 Å². The Labute approximate surface area is 109 Å². The second-order valence-corrected chi connectivity index (χ2v) is 4.08. The van der Waals surface area contributed by atoms with E-state index in [9.17, 15) is 19.5 Å². The predicted octanol–water partition coefficient (Wildman–Crippen LogP) is -2.12. The largest absolute Gasteiger partial charge is 0.480 e. The van der Waals surface area contributed by atoms with Crippen molar-refractivity contribution in [2.24, 2.45) is 0 Å². The SMILES string of the molecule is CC(O)C(CN(CC(=O)O)CC(=O)O)NCC(=O)O. The minimum atomic E-state index is -1.20. The molecule has 9 heteroatoms. The summed E-state index contributed by atoms with van der Waals surface area (Å²) in [7, 11) is 0. The fourth-order valence-electron chi connectivity index (χ4n) is 1.45. The molecule has 110 valence electrons. The van der Waals surface area contributed by atoms with E-state index in [-0.39, 0.29) is 6.54 Å². The Balaban J connectivity index is 4.57. The molecule has 5 N–H and O–H groups in total. The van der Waals surface area contributed by atoms with E-state index in [0.717, 1.165) is 4.90 Å². The summed E-state index contributed by atoms with van der Waals surface area (Å²) in [6.45, 7) is -0.124. The first kappa shape index (κ1) is 17.3. The molecule has 0 amide bonds. The molecule has 0 spiro atoms. The van der Waals surface area contributed by atoms with Gasteiger partial charge in [0.15, 0.2) is 0 Å². The Morgan fingerprint density at radius 1 is 1.05 bits per heavy atom. The van der Waals surface area contributed by atoms with Gasteiger partial charge < -0.3 is 25.7 Å². The Morgan fingerprint density at radius 2 is 1.53 bits per heavy atom. The maximum atomic E-state index is 10.6. The van der Waals surface area contributed by atoms with Crippen LogP contribution in [0.15, 0.2) is 0 Å². The topological polar surface area (TPSA) is 147 Å². The Morgan fingerprint density at radius 3 is 1.84 bits per heavy atom. The summed E-state index contributed by atoms with van der Waals surface area (Å²) in [5.74, 6) is -3.54. The average molecular weight is 278 g/mol. The molecule has 0 aliphatic carbocycles. The second-order valence-electron chi connectivity index (χ2n) is 4.08. The fraction of sp³-hybridized carbons (Fsp3) is 0.700. The van der Waals surface area contributed by atoms with Crippen LogP contribution in [0.5, 0.6) is 0 Å². The van der Waals surface area contributed by atoms with E-state index in [1.54, 1.807) is 0 Å². The van der Waals surface area contributed by atoms with Gasteiger partial charge in [0.05, 0.1) is 25.7 Å². The first-order valence-corrected chi connectivity index (χ1v) is 5.51. The predicted molar refractivity (Wildman–Crippen MR) is 62.8 cm³/mol. The van der Waals surface area contributed by atoms with Crippen molar-refractivity contribution in [3.05, 3.63) is 0 Å². The van der Waals surface area contributed by atoms with Crippen molar-refractivity contribution in [3.8, 4) is 0 Å². The summed E-state index contributed by atoms with van der Waals surface area (Å²) in [6.07, 6.45) is -0.954. The fourth-order valence-corrected chi connectivity index (χ4v) is 1.45. The van der Waals surface area contributed by atoms with Crippen molar-refractivity contribution in [1.82, 2.24) is 10.2 Å². The van der Waals surface area contributed by atoms with Crippen LogP contribution >= 0.6 is 0 Å². The molecular formula is C10H18N2O7. The number of aliphatic hydroxyl groups is 1. The highest BCUT2D eigenvalue weighted by molar-refractivity contribution is 5.72. The van der Waals surface area contributed by atoms with Gasteiger partial charge in [-0.25, -0.2) is 0 Å². The van der Waals surface area contributed by atoms with E-state index in [1.165, 1.54) is 6.92 Å². The maximum Gasteiger partial charge on any atom is 0.317 e. The second kappa shape index (κ2) is 8.40. The van der Waals surface area contributed by atoms with Crippen molar-refractivity contribution in [3.63, 3.8) is 0 Å². The lowest BCUT2D eigenvalue weighted by Gasteiger charge is -2.27. The van der Waals surface area contributed by atoms with Gasteiger partial charge in [-0.2, -0.15) is 0 Å². The lowest BCUT2D eigenvalue weighted by Crippen LogP contribution is -2.50. The van der Waals surface area contributed by atoms with E-state index >= 15 is 0 Å². The zero-order valence-corrected chi connectivity index (χ0v) is 10.4. The summed E-state index contributed by atoms with van der Waals surface area (Å²) in [5.41, 5.74) is 0. The monoisotopic (exact) mass is 278 g/mol. The Bertz CT molecular complexity index is 316. The molecule has 0 heterocycles. The molecule has 0 radical (unpaired) electrons. The smallest absolute Gasteiger partial charge is 0.317 e. The van der Waals surface area contributed by atoms with Crippen molar-refractivity contribution in [1.29, 1.82) is 0 Å². The van der Waals surface area contributed by atoms with Crippen LogP contribution in [-0.2, 0) is 14.4 Å². The molecule has 0 saturated carbocycles. The molecule has 0 aromatic heterocycles. The van der Waals surface area contributed by atoms with E-state index in [1.807, 2.05) is 0 Å². The van der Waals surface area contributed by atoms with Crippen LogP contribution in [0, 0.1) is 0 Å². The van der Waals surface area contributed by atoms with Crippen LogP contribution < -0.4 is 5.32 Å². The van der Waals surface area contributed by atoms with E-state index in [4.69, 9.17) is 15.3 Å². The number of aliphatic hydroxyl groups excluding tert-OH is 1. The number of nitrogens with one attached hydrogen (secondary N) is 1. The van der Waals surface area contributed by atoms with E-state index in [0.29, 0.717) is 0 Å². The molecule has 2 unspecified atom stereocenters. The highest BCUT2D eigenvalue weighted by atomic mass is 16.4. The van der Waals surface area contributed by atoms with Crippen molar-refractivity contribution in [2.45, 2.75) is 19.1 Å². The van der Waals surface area contributed by atoms with Gasteiger partial charge in [-0.15, -0.1) is 0 Å². The normalized spacial score (nSPS) is 14.1. The lowest BCUT2D eigenvalue weighted by atomic mass is 10.1. The first-order valence-electron chi connectivity index (χ1n) is 5.51. The Hall–Kier alpha value is -1.71. The Kier molecular flexibility index (Phi) is 7.65. The van der Waals surface area contributed by atoms with Crippen LogP contribution in [0.3, 0.4) is 0 Å². The molecule has 0 aromatic carbocycles. The van der Waals surface area contributed by atoms with E-state index in [2.05, 4.69) is 5.32 Å². The van der Waals surface area contributed by atoms with Crippen LogP contribution in [0.25, 0.3) is 0 Å². The van der Waals surface area contributed by atoms with Gasteiger partial charge in [-0.1, -0.05) is 0 Å². The molecule has 2 atom stereocenters. The number of hydrogen-bond donors (Lipinski definition) is 5. The standard InChI is InChI=1S/C10H18N2O7/c1-6(13)7(11-2-8(14)15)3-12(4-9(16)17)5-10(18)19/h6-7,11,13H,2-5H2,1H3,(H,14,15)(H,16,17)(H,18,19). The molecule has 9 nitrogen and oxygen atoms in total. The van der Waals surface area contributed by atoms with E-state index < -0.39 is 49.7 Å². The van der Waals surface area contributed by atoms with Crippen LogP contribution in [-0.4, -0.2) is 81.6 Å². The highest BCUT2D eigenvalue weighted by Gasteiger charge is 2.22. The maximum absolute atomic E-state index is 10.6. The number of carboxylic acid groups (broad SMARTS) is 3. The quantitative estimate of drug-likeness (QED) is 0.302. The van der Waals surface area contributed by atoms with Gasteiger partial charge in [-0.3, -0.25) is 19.3 Å². The number of hydrogen-bond acceptors (Lipinski definition) is 6. The number of nitrogens with zero attached hydrogens (tertiary/aromatic N) is 1. The number of aliphatic carboxylic acids is 3.